The third-order valence-corrected chi connectivity index (χ3v) is 6.28. The van der Waals surface area contributed by atoms with Gasteiger partial charge in [0.25, 0.3) is 0 Å². The van der Waals surface area contributed by atoms with Gasteiger partial charge in [0, 0.05) is 40.7 Å². The van der Waals surface area contributed by atoms with Crippen molar-refractivity contribution >= 4 is 44.2 Å². The number of nitrogens with zero attached hydrogens (tertiary/aromatic N) is 2. The van der Waals surface area contributed by atoms with Crippen LogP contribution in [0.25, 0.3) is 10.8 Å². The molecule has 0 saturated carbocycles. The molecule has 2 aromatic carbocycles. The van der Waals surface area contributed by atoms with Crippen molar-refractivity contribution < 1.29 is 9.59 Å². The molecule has 4 nitrogen and oxygen atoms in total. The average molecular weight is 447 g/mol. The Labute approximate surface area is 177 Å². The Bertz CT molecular complexity index is 1160. The van der Waals surface area contributed by atoms with Crippen LogP contribution >= 0.6 is 15.9 Å². The number of Topliss-reactive ketones (excluding diaryl/α,β-unsaturated/α-hetero) is 1. The number of pyridine rings is 1. The van der Waals surface area contributed by atoms with Gasteiger partial charge in [-0.2, -0.15) is 0 Å². The van der Waals surface area contributed by atoms with Crippen molar-refractivity contribution in [3.8, 4) is 0 Å². The Morgan fingerprint density at radius 3 is 2.62 bits per heavy atom. The zero-order valence-corrected chi connectivity index (χ0v) is 17.4. The molecule has 29 heavy (non-hydrogen) atoms. The molecule has 1 atom stereocenters. The maximum Gasteiger partial charge on any atom is 0.233 e. The number of halogens is 1. The molecule has 5 rings (SSSR count). The van der Waals surface area contributed by atoms with Gasteiger partial charge in [-0.25, -0.2) is 4.98 Å². The topological polar surface area (TPSA) is 50.3 Å². The van der Waals surface area contributed by atoms with Crippen LogP contribution in [0.4, 0.5) is 5.82 Å². The molecule has 3 aromatic rings. The van der Waals surface area contributed by atoms with Gasteiger partial charge in [0.2, 0.25) is 5.91 Å². The van der Waals surface area contributed by atoms with E-state index in [1.165, 1.54) is 0 Å². The van der Waals surface area contributed by atoms with Gasteiger partial charge in [0.1, 0.15) is 5.82 Å². The third-order valence-electron chi connectivity index (χ3n) is 5.81. The van der Waals surface area contributed by atoms with Gasteiger partial charge in [-0.15, -0.1) is 0 Å². The van der Waals surface area contributed by atoms with Crippen LogP contribution in [0, 0.1) is 0 Å². The number of benzene rings is 2. The molecule has 0 radical (unpaired) electrons. The number of hydrogen-bond acceptors (Lipinski definition) is 3. The number of hydrogen-bond donors (Lipinski definition) is 0. The van der Waals surface area contributed by atoms with E-state index >= 15 is 0 Å². The Hall–Kier alpha value is -2.79. The first-order valence-corrected chi connectivity index (χ1v) is 10.6. The summed E-state index contributed by atoms with van der Waals surface area (Å²) < 4.78 is 0.855. The summed E-state index contributed by atoms with van der Waals surface area (Å²) in [6.45, 7) is 0. The van der Waals surface area contributed by atoms with Crippen LogP contribution in [0.3, 0.4) is 0 Å². The molecular formula is C24H19BrN2O2. The van der Waals surface area contributed by atoms with Crippen LogP contribution in [-0.4, -0.2) is 16.7 Å². The number of ketones is 1. The maximum atomic E-state index is 13.3. The van der Waals surface area contributed by atoms with Crippen LogP contribution in [0.1, 0.15) is 37.2 Å². The number of carbonyl (C=O) groups excluding carboxylic acids is 2. The third kappa shape index (κ3) is 3.10. The molecule has 144 valence electrons. The molecular weight excluding hydrogens is 428 g/mol. The maximum absolute atomic E-state index is 13.3. The molecule has 0 N–H and O–H groups in total. The highest BCUT2D eigenvalue weighted by atomic mass is 79.9. The zero-order chi connectivity index (χ0) is 20.0. The van der Waals surface area contributed by atoms with Crippen molar-refractivity contribution in [2.45, 2.75) is 31.6 Å². The van der Waals surface area contributed by atoms with Crippen LogP contribution in [0.15, 0.2) is 76.5 Å². The smallest absolute Gasteiger partial charge is 0.233 e. The van der Waals surface area contributed by atoms with E-state index in [1.54, 1.807) is 11.1 Å². The van der Waals surface area contributed by atoms with E-state index in [0.29, 0.717) is 18.7 Å². The number of anilines is 1. The minimum Gasteiger partial charge on any atom is -0.294 e. The molecule has 1 amide bonds. The van der Waals surface area contributed by atoms with E-state index in [2.05, 4.69) is 45.2 Å². The van der Waals surface area contributed by atoms with E-state index in [4.69, 9.17) is 0 Å². The Kier molecular flexibility index (Phi) is 4.55. The van der Waals surface area contributed by atoms with Crippen molar-refractivity contribution in [2.75, 3.05) is 4.90 Å². The van der Waals surface area contributed by atoms with Gasteiger partial charge >= 0.3 is 0 Å². The lowest BCUT2D eigenvalue weighted by Gasteiger charge is -2.38. The van der Waals surface area contributed by atoms with Gasteiger partial charge in [0.15, 0.2) is 5.78 Å². The fraction of sp³-hybridized carbons (Fsp3) is 0.208. The number of carbonyl (C=O) groups is 2. The number of amides is 1. The Balaban J connectivity index is 1.70. The van der Waals surface area contributed by atoms with Gasteiger partial charge in [-0.1, -0.05) is 42.5 Å². The molecule has 2 heterocycles. The summed E-state index contributed by atoms with van der Waals surface area (Å²) in [5.41, 5.74) is 2.67. The predicted molar refractivity (Wildman–Crippen MR) is 117 cm³/mol. The summed E-state index contributed by atoms with van der Waals surface area (Å²) in [5, 5.41) is 2.23. The quantitative estimate of drug-likeness (QED) is 0.520. The number of fused-ring (bicyclic) bond motifs is 1. The van der Waals surface area contributed by atoms with Crippen LogP contribution in [-0.2, 0) is 9.59 Å². The van der Waals surface area contributed by atoms with Gasteiger partial charge in [-0.3, -0.25) is 14.5 Å². The number of aromatic nitrogens is 1. The highest BCUT2D eigenvalue weighted by Crippen LogP contribution is 2.44. The molecule has 1 aliphatic carbocycles. The van der Waals surface area contributed by atoms with Gasteiger partial charge in [0.05, 0.1) is 0 Å². The fourth-order valence-corrected chi connectivity index (χ4v) is 4.81. The summed E-state index contributed by atoms with van der Waals surface area (Å²) in [6.07, 6.45) is 3.97. The molecule has 0 bridgehead atoms. The van der Waals surface area contributed by atoms with Crippen molar-refractivity contribution in [3.05, 3.63) is 82.1 Å². The molecule has 1 unspecified atom stereocenters. The van der Waals surface area contributed by atoms with E-state index in [-0.39, 0.29) is 24.0 Å². The molecule has 0 fully saturated rings. The van der Waals surface area contributed by atoms with Gasteiger partial charge in [-0.05, 0) is 57.2 Å². The molecule has 1 aromatic heterocycles. The number of allylic oxidation sites excluding steroid dienone is 2. The second-order valence-electron chi connectivity index (χ2n) is 7.53. The second kappa shape index (κ2) is 7.23. The summed E-state index contributed by atoms with van der Waals surface area (Å²) in [5.74, 6) is 0.518. The lowest BCUT2D eigenvalue weighted by atomic mass is 9.76. The summed E-state index contributed by atoms with van der Waals surface area (Å²) in [4.78, 5) is 32.4. The minimum atomic E-state index is -0.205. The Morgan fingerprint density at radius 1 is 0.966 bits per heavy atom. The Morgan fingerprint density at radius 2 is 1.79 bits per heavy atom. The standard InChI is InChI=1S/C24H19BrN2O2/c25-16-11-12-22(26-14-16)27-20-9-4-10-21(28)24(20)19(13-23(27)29)18-8-3-6-15-5-1-2-7-17(15)18/h1-3,5-8,11-12,14,19H,4,9-10,13H2. The summed E-state index contributed by atoms with van der Waals surface area (Å²) in [7, 11) is 0. The molecule has 2 aliphatic rings. The average Bonchev–Trinajstić information content (AvgIpc) is 2.74. The zero-order valence-electron chi connectivity index (χ0n) is 15.8. The molecule has 0 spiro atoms. The second-order valence-corrected chi connectivity index (χ2v) is 8.44. The summed E-state index contributed by atoms with van der Waals surface area (Å²) in [6, 6.07) is 18.0. The minimum absolute atomic E-state index is 0.00814. The van der Waals surface area contributed by atoms with Crippen molar-refractivity contribution in [1.29, 1.82) is 0 Å². The normalized spacial score (nSPS) is 19.6. The van der Waals surface area contributed by atoms with E-state index in [9.17, 15) is 9.59 Å². The largest absolute Gasteiger partial charge is 0.294 e. The molecule has 0 saturated heterocycles. The predicted octanol–water partition coefficient (Wildman–Crippen LogP) is 5.52. The first kappa shape index (κ1) is 18.3. The SMILES string of the molecule is O=C1CCCC2=C1C(c1cccc3ccccc13)CC(=O)N2c1ccc(Br)cn1. The van der Waals surface area contributed by atoms with E-state index in [0.717, 1.165) is 38.5 Å². The van der Waals surface area contributed by atoms with E-state index < -0.39 is 0 Å². The van der Waals surface area contributed by atoms with Crippen molar-refractivity contribution in [1.82, 2.24) is 4.98 Å². The lowest BCUT2D eigenvalue weighted by Crippen LogP contribution is -2.41. The fourth-order valence-electron chi connectivity index (χ4n) is 4.58. The number of rotatable bonds is 2. The van der Waals surface area contributed by atoms with Crippen molar-refractivity contribution in [2.24, 2.45) is 0 Å². The molecule has 1 aliphatic heterocycles. The highest BCUT2D eigenvalue weighted by Gasteiger charge is 2.40. The van der Waals surface area contributed by atoms with Crippen LogP contribution < -0.4 is 4.90 Å². The van der Waals surface area contributed by atoms with Crippen LogP contribution in [0.2, 0.25) is 0 Å². The highest BCUT2D eigenvalue weighted by molar-refractivity contribution is 9.10. The first-order chi connectivity index (χ1) is 14.1. The van der Waals surface area contributed by atoms with Crippen molar-refractivity contribution in [3.63, 3.8) is 0 Å². The first-order valence-electron chi connectivity index (χ1n) is 9.82. The molecule has 5 heteroatoms. The van der Waals surface area contributed by atoms with E-state index in [1.807, 2.05) is 30.3 Å². The van der Waals surface area contributed by atoms with Gasteiger partial charge < -0.3 is 0 Å². The lowest BCUT2D eigenvalue weighted by molar-refractivity contribution is -0.119. The summed E-state index contributed by atoms with van der Waals surface area (Å²) >= 11 is 3.39. The van der Waals surface area contributed by atoms with Crippen LogP contribution in [0.5, 0.6) is 0 Å². The monoisotopic (exact) mass is 446 g/mol.